The van der Waals surface area contributed by atoms with E-state index in [1.165, 1.54) is 48.8 Å². The van der Waals surface area contributed by atoms with E-state index >= 15 is 0 Å². The standard InChI is InChI=1S/C16H15F2N3/c17-14-1-3-16(4-2-14)21-10-13(9-20)12-5-11(8-19)6-15(18)7-12/h1-7,9-10H,8,19-20H2. The van der Waals surface area contributed by atoms with Crippen LogP contribution in [0.3, 0.4) is 0 Å². The number of allylic oxidation sites excluding steroid dienone is 1. The molecule has 0 fully saturated rings. The van der Waals surface area contributed by atoms with E-state index in [1.54, 1.807) is 6.07 Å². The summed E-state index contributed by atoms with van der Waals surface area (Å²) in [6, 6.07) is 10.2. The molecule has 2 aromatic rings. The van der Waals surface area contributed by atoms with E-state index in [9.17, 15) is 8.78 Å². The van der Waals surface area contributed by atoms with Crippen molar-refractivity contribution < 1.29 is 8.78 Å². The van der Waals surface area contributed by atoms with Gasteiger partial charge in [-0.2, -0.15) is 0 Å². The lowest BCUT2D eigenvalue weighted by molar-refractivity contribution is 0.625. The van der Waals surface area contributed by atoms with Gasteiger partial charge >= 0.3 is 0 Å². The van der Waals surface area contributed by atoms with Crippen LogP contribution in [0.2, 0.25) is 0 Å². The molecule has 0 bridgehead atoms. The van der Waals surface area contributed by atoms with E-state index in [-0.39, 0.29) is 18.2 Å². The highest BCUT2D eigenvalue weighted by Crippen LogP contribution is 2.18. The van der Waals surface area contributed by atoms with Crippen LogP contribution >= 0.6 is 0 Å². The van der Waals surface area contributed by atoms with Gasteiger partial charge in [0.15, 0.2) is 0 Å². The molecule has 0 aliphatic heterocycles. The van der Waals surface area contributed by atoms with Crippen molar-refractivity contribution in [3.63, 3.8) is 0 Å². The Bertz CT molecular complexity index is 676. The fraction of sp³-hybridized carbons (Fsp3) is 0.0625. The molecule has 0 unspecified atom stereocenters. The highest BCUT2D eigenvalue weighted by Gasteiger charge is 2.03. The van der Waals surface area contributed by atoms with Gasteiger partial charge < -0.3 is 11.5 Å². The van der Waals surface area contributed by atoms with Gasteiger partial charge in [0.1, 0.15) is 11.6 Å². The average Bonchev–Trinajstić information content (AvgIpc) is 2.49. The van der Waals surface area contributed by atoms with Crippen molar-refractivity contribution in [2.45, 2.75) is 6.54 Å². The summed E-state index contributed by atoms with van der Waals surface area (Å²) in [7, 11) is 0. The van der Waals surface area contributed by atoms with Crippen LogP contribution in [0.1, 0.15) is 11.1 Å². The number of benzene rings is 2. The zero-order valence-corrected chi connectivity index (χ0v) is 11.3. The molecule has 0 saturated carbocycles. The van der Waals surface area contributed by atoms with E-state index in [1.807, 2.05) is 0 Å². The second kappa shape index (κ2) is 6.76. The smallest absolute Gasteiger partial charge is 0.124 e. The van der Waals surface area contributed by atoms with Crippen LogP contribution in [0, 0.1) is 11.6 Å². The van der Waals surface area contributed by atoms with Gasteiger partial charge in [0, 0.05) is 24.5 Å². The van der Waals surface area contributed by atoms with Crippen LogP contribution in [0.4, 0.5) is 14.5 Å². The van der Waals surface area contributed by atoms with Gasteiger partial charge in [-0.05, 0) is 53.6 Å². The van der Waals surface area contributed by atoms with Crippen molar-refractivity contribution in [1.29, 1.82) is 0 Å². The minimum atomic E-state index is -0.387. The number of aliphatic imine (C=N–C) groups is 1. The Morgan fingerprint density at radius 1 is 1.05 bits per heavy atom. The van der Waals surface area contributed by atoms with Gasteiger partial charge in [-0.3, -0.25) is 4.99 Å². The fourth-order valence-corrected chi connectivity index (χ4v) is 1.82. The topological polar surface area (TPSA) is 64.4 Å². The zero-order chi connectivity index (χ0) is 15.2. The molecule has 3 nitrogen and oxygen atoms in total. The summed E-state index contributed by atoms with van der Waals surface area (Å²) in [5.41, 5.74) is 13.5. The molecule has 5 heteroatoms. The number of nitrogens with zero attached hydrogens (tertiary/aromatic N) is 1. The molecule has 21 heavy (non-hydrogen) atoms. The lowest BCUT2D eigenvalue weighted by Gasteiger charge is -2.05. The number of hydrogen-bond acceptors (Lipinski definition) is 3. The SMILES string of the molecule is NC=C(C=Nc1ccc(F)cc1)c1cc(F)cc(CN)c1. The van der Waals surface area contributed by atoms with Crippen LogP contribution in [0.15, 0.2) is 53.7 Å². The highest BCUT2D eigenvalue weighted by atomic mass is 19.1. The molecular formula is C16H15F2N3. The monoisotopic (exact) mass is 287 g/mol. The van der Waals surface area contributed by atoms with E-state index in [4.69, 9.17) is 11.5 Å². The van der Waals surface area contributed by atoms with E-state index in [2.05, 4.69) is 4.99 Å². The lowest BCUT2D eigenvalue weighted by Crippen LogP contribution is -2.00. The molecule has 0 atom stereocenters. The molecule has 0 saturated heterocycles. The van der Waals surface area contributed by atoms with Crippen molar-refractivity contribution in [3.05, 3.63) is 71.4 Å². The average molecular weight is 287 g/mol. The minimum absolute atomic E-state index is 0.234. The maximum absolute atomic E-state index is 13.5. The van der Waals surface area contributed by atoms with Crippen LogP contribution in [0.25, 0.3) is 5.57 Å². The molecule has 0 aromatic heterocycles. The van der Waals surface area contributed by atoms with Crippen LogP contribution < -0.4 is 11.5 Å². The normalized spacial score (nSPS) is 12.0. The minimum Gasteiger partial charge on any atom is -0.404 e. The Morgan fingerprint density at radius 3 is 2.38 bits per heavy atom. The maximum Gasteiger partial charge on any atom is 0.124 e. The Labute approximate surface area is 121 Å². The molecule has 108 valence electrons. The predicted molar refractivity (Wildman–Crippen MR) is 81.0 cm³/mol. The molecule has 0 heterocycles. The molecule has 0 spiro atoms. The molecule has 0 radical (unpaired) electrons. The zero-order valence-electron chi connectivity index (χ0n) is 11.3. The number of hydrogen-bond donors (Lipinski definition) is 2. The third-order valence-electron chi connectivity index (χ3n) is 2.89. The first kappa shape index (κ1) is 14.9. The first-order valence-electron chi connectivity index (χ1n) is 6.34. The first-order valence-corrected chi connectivity index (χ1v) is 6.34. The Morgan fingerprint density at radius 2 is 1.76 bits per heavy atom. The summed E-state index contributed by atoms with van der Waals surface area (Å²) in [6.45, 7) is 0.234. The van der Waals surface area contributed by atoms with E-state index in [0.29, 0.717) is 22.4 Å². The van der Waals surface area contributed by atoms with Crippen molar-refractivity contribution >= 4 is 17.5 Å². The largest absolute Gasteiger partial charge is 0.404 e. The van der Waals surface area contributed by atoms with Crippen LogP contribution in [-0.2, 0) is 6.54 Å². The summed E-state index contributed by atoms with van der Waals surface area (Å²) in [5.74, 6) is -0.719. The molecule has 0 aliphatic rings. The van der Waals surface area contributed by atoms with E-state index in [0.717, 1.165) is 0 Å². The summed E-state index contributed by atoms with van der Waals surface area (Å²) in [5, 5.41) is 0. The summed E-state index contributed by atoms with van der Waals surface area (Å²) in [4.78, 5) is 4.19. The quantitative estimate of drug-likeness (QED) is 0.848. The Hall–Kier alpha value is -2.53. The van der Waals surface area contributed by atoms with Gasteiger partial charge in [-0.1, -0.05) is 0 Å². The Balaban J connectivity index is 2.28. The molecule has 2 aromatic carbocycles. The van der Waals surface area contributed by atoms with Gasteiger partial charge in [0.25, 0.3) is 0 Å². The third kappa shape index (κ3) is 3.97. The summed E-state index contributed by atoms with van der Waals surface area (Å²) < 4.78 is 26.3. The molecule has 0 aliphatic carbocycles. The summed E-state index contributed by atoms with van der Waals surface area (Å²) in [6.07, 6.45) is 2.84. The van der Waals surface area contributed by atoms with Gasteiger partial charge in [-0.25, -0.2) is 8.78 Å². The van der Waals surface area contributed by atoms with Crippen LogP contribution in [-0.4, -0.2) is 6.21 Å². The number of halogens is 2. The van der Waals surface area contributed by atoms with Crippen molar-refractivity contribution in [2.24, 2.45) is 16.5 Å². The third-order valence-corrected chi connectivity index (χ3v) is 2.89. The second-order valence-electron chi connectivity index (χ2n) is 4.41. The lowest BCUT2D eigenvalue weighted by atomic mass is 10.0. The van der Waals surface area contributed by atoms with Crippen molar-refractivity contribution in [1.82, 2.24) is 0 Å². The highest BCUT2D eigenvalue weighted by molar-refractivity contribution is 6.10. The van der Waals surface area contributed by atoms with Gasteiger partial charge in [0.2, 0.25) is 0 Å². The number of nitrogens with two attached hydrogens (primary N) is 2. The molecule has 0 amide bonds. The number of rotatable bonds is 4. The Kier molecular flexibility index (Phi) is 4.79. The summed E-state index contributed by atoms with van der Waals surface area (Å²) >= 11 is 0. The first-order chi connectivity index (χ1) is 10.1. The molecule has 2 rings (SSSR count). The molecule has 4 N–H and O–H groups in total. The van der Waals surface area contributed by atoms with Gasteiger partial charge in [0.05, 0.1) is 5.69 Å². The molecular weight excluding hydrogens is 272 g/mol. The second-order valence-corrected chi connectivity index (χ2v) is 4.41. The maximum atomic E-state index is 13.5. The van der Waals surface area contributed by atoms with Gasteiger partial charge in [-0.15, -0.1) is 0 Å². The van der Waals surface area contributed by atoms with Crippen molar-refractivity contribution in [2.75, 3.05) is 0 Å². The van der Waals surface area contributed by atoms with E-state index < -0.39 is 0 Å². The van der Waals surface area contributed by atoms with Crippen molar-refractivity contribution in [3.8, 4) is 0 Å². The van der Waals surface area contributed by atoms with Crippen LogP contribution in [0.5, 0.6) is 0 Å². The predicted octanol–water partition coefficient (Wildman–Crippen LogP) is 3.13. The fourth-order valence-electron chi connectivity index (χ4n) is 1.82.